The van der Waals surface area contributed by atoms with Gasteiger partial charge in [-0.3, -0.25) is 10.0 Å². The third kappa shape index (κ3) is 6.27. The van der Waals surface area contributed by atoms with Crippen molar-refractivity contribution in [2.45, 2.75) is 44.1 Å². The molecular formula is C24H30N2O7S. The van der Waals surface area contributed by atoms with Crippen LogP contribution in [0.1, 0.15) is 33.6 Å². The summed E-state index contributed by atoms with van der Waals surface area (Å²) in [7, 11) is -3.89. The lowest BCUT2D eigenvalue weighted by molar-refractivity contribution is -0.141. The summed E-state index contributed by atoms with van der Waals surface area (Å²) < 4.78 is 37.4. The summed E-state index contributed by atoms with van der Waals surface area (Å²) in [4.78, 5) is 26.4. The van der Waals surface area contributed by atoms with E-state index >= 15 is 0 Å². The van der Waals surface area contributed by atoms with Crippen molar-refractivity contribution < 1.29 is 32.7 Å². The highest BCUT2D eigenvalue weighted by Gasteiger charge is 2.46. The van der Waals surface area contributed by atoms with E-state index in [2.05, 4.69) is 0 Å². The third-order valence-electron chi connectivity index (χ3n) is 5.58. The number of hydroxylamine groups is 1. The average Bonchev–Trinajstić information content (AvgIpc) is 2.78. The number of sulfone groups is 1. The number of amides is 2. The molecule has 3 rings (SSSR count). The molecule has 0 saturated carbocycles. The van der Waals surface area contributed by atoms with Crippen LogP contribution >= 0.6 is 0 Å². The summed E-state index contributed by atoms with van der Waals surface area (Å²) in [6.07, 6.45) is -0.400. The molecule has 1 aliphatic heterocycles. The van der Waals surface area contributed by atoms with Crippen molar-refractivity contribution in [3.63, 3.8) is 0 Å². The first-order valence-electron chi connectivity index (χ1n) is 10.9. The lowest BCUT2D eigenvalue weighted by Crippen LogP contribution is -2.53. The maximum atomic E-state index is 13.2. The topological polar surface area (TPSA) is 122 Å². The van der Waals surface area contributed by atoms with Crippen molar-refractivity contribution in [3.05, 3.63) is 54.6 Å². The normalized spacial score (nSPS) is 15.9. The number of hydrogen-bond donors (Lipinski definition) is 2. The number of rotatable bonds is 6. The summed E-state index contributed by atoms with van der Waals surface area (Å²) >= 11 is 0. The van der Waals surface area contributed by atoms with Crippen LogP contribution in [0.15, 0.2) is 59.5 Å². The Kier molecular flexibility index (Phi) is 7.52. The van der Waals surface area contributed by atoms with Gasteiger partial charge in [-0.05, 0) is 70.0 Å². The number of hydrogen-bond acceptors (Lipinski definition) is 7. The maximum absolute atomic E-state index is 13.2. The van der Waals surface area contributed by atoms with E-state index < -0.39 is 38.6 Å². The summed E-state index contributed by atoms with van der Waals surface area (Å²) in [6.45, 7) is 5.51. The molecule has 0 atom stereocenters. The molecule has 184 valence electrons. The predicted molar refractivity (Wildman–Crippen MR) is 124 cm³/mol. The highest BCUT2D eigenvalue weighted by Crippen LogP contribution is 2.36. The SMILES string of the molecule is CC(C)(C)OC(=O)N1CCC(CS(=O)(=O)c2ccc(Oc3ccccc3)cc2)(C(=O)NO)CC1. The number of carbonyl (C=O) groups is 2. The first-order chi connectivity index (χ1) is 15.9. The molecule has 0 spiro atoms. The molecule has 0 radical (unpaired) electrons. The Labute approximate surface area is 199 Å². The van der Waals surface area contributed by atoms with Crippen LogP contribution in [-0.4, -0.2) is 55.0 Å². The molecule has 0 unspecified atom stereocenters. The van der Waals surface area contributed by atoms with Crippen molar-refractivity contribution in [1.29, 1.82) is 0 Å². The molecule has 2 aromatic carbocycles. The van der Waals surface area contributed by atoms with Gasteiger partial charge in [0.25, 0.3) is 5.91 Å². The largest absolute Gasteiger partial charge is 0.457 e. The second-order valence-corrected chi connectivity index (χ2v) is 11.3. The van der Waals surface area contributed by atoms with Crippen LogP contribution in [0.5, 0.6) is 11.5 Å². The van der Waals surface area contributed by atoms with Crippen molar-refractivity contribution in [1.82, 2.24) is 10.4 Å². The minimum atomic E-state index is -3.89. The molecule has 0 bridgehead atoms. The fourth-order valence-electron chi connectivity index (χ4n) is 3.79. The number of para-hydroxylation sites is 1. The summed E-state index contributed by atoms with van der Waals surface area (Å²) in [6, 6.07) is 15.0. The van der Waals surface area contributed by atoms with Crippen LogP contribution in [0.2, 0.25) is 0 Å². The number of benzene rings is 2. The molecule has 1 aliphatic rings. The lowest BCUT2D eigenvalue weighted by atomic mass is 9.79. The number of likely N-dealkylation sites (tertiary alicyclic amines) is 1. The van der Waals surface area contributed by atoms with Crippen molar-refractivity contribution in [3.8, 4) is 11.5 Å². The molecule has 10 heteroatoms. The Hall–Kier alpha value is -3.11. The van der Waals surface area contributed by atoms with E-state index in [-0.39, 0.29) is 30.8 Å². The van der Waals surface area contributed by atoms with Gasteiger partial charge >= 0.3 is 6.09 Å². The second kappa shape index (κ2) is 10.0. The van der Waals surface area contributed by atoms with Gasteiger partial charge in [0.1, 0.15) is 17.1 Å². The lowest BCUT2D eigenvalue weighted by Gasteiger charge is -2.40. The van der Waals surface area contributed by atoms with Gasteiger partial charge in [-0.15, -0.1) is 0 Å². The van der Waals surface area contributed by atoms with Gasteiger partial charge in [0.15, 0.2) is 9.84 Å². The Morgan fingerprint density at radius 2 is 1.56 bits per heavy atom. The number of ether oxygens (including phenoxy) is 2. The summed E-state index contributed by atoms with van der Waals surface area (Å²) in [5.74, 6) is -0.205. The third-order valence-corrected chi connectivity index (χ3v) is 7.51. The van der Waals surface area contributed by atoms with E-state index in [9.17, 15) is 23.2 Å². The van der Waals surface area contributed by atoms with Crippen LogP contribution < -0.4 is 10.2 Å². The molecule has 1 saturated heterocycles. The fourth-order valence-corrected chi connectivity index (χ4v) is 5.65. The Bertz CT molecular complexity index is 1100. The zero-order chi connectivity index (χ0) is 25.0. The van der Waals surface area contributed by atoms with Crippen molar-refractivity contribution in [2.75, 3.05) is 18.8 Å². The van der Waals surface area contributed by atoms with Gasteiger partial charge in [0.2, 0.25) is 0 Å². The van der Waals surface area contributed by atoms with Crippen LogP contribution in [0.4, 0.5) is 4.79 Å². The molecule has 0 aromatic heterocycles. The van der Waals surface area contributed by atoms with Gasteiger partial charge in [-0.2, -0.15) is 0 Å². The summed E-state index contributed by atoms with van der Waals surface area (Å²) in [5, 5.41) is 9.31. The van der Waals surface area contributed by atoms with E-state index in [0.717, 1.165) is 0 Å². The Morgan fingerprint density at radius 3 is 2.09 bits per heavy atom. The first kappa shape index (κ1) is 25.5. The fraction of sp³-hybridized carbons (Fsp3) is 0.417. The summed E-state index contributed by atoms with van der Waals surface area (Å²) in [5.41, 5.74) is -0.446. The smallest absolute Gasteiger partial charge is 0.410 e. The van der Waals surface area contributed by atoms with Gasteiger partial charge in [0, 0.05) is 13.1 Å². The van der Waals surface area contributed by atoms with Crippen molar-refractivity contribution >= 4 is 21.8 Å². The maximum Gasteiger partial charge on any atom is 0.410 e. The quantitative estimate of drug-likeness (QED) is 0.467. The van der Waals surface area contributed by atoms with Crippen molar-refractivity contribution in [2.24, 2.45) is 5.41 Å². The number of nitrogens with one attached hydrogen (secondary N) is 1. The van der Waals surface area contributed by atoms with Crippen LogP contribution in [0.25, 0.3) is 0 Å². The standard InChI is InChI=1S/C24H30N2O7S/c1-23(2,3)33-22(28)26-15-13-24(14-16-26,21(27)25-29)17-34(30,31)20-11-9-19(10-12-20)32-18-7-5-4-6-8-18/h4-12,29H,13-17H2,1-3H3,(H,25,27). The van der Waals surface area contributed by atoms with E-state index in [1.807, 2.05) is 18.2 Å². The minimum absolute atomic E-state index is 0.0348. The molecule has 2 N–H and O–H groups in total. The van der Waals surface area contributed by atoms with Crippen LogP contribution in [0, 0.1) is 5.41 Å². The predicted octanol–water partition coefficient (Wildman–Crippen LogP) is 3.78. The van der Waals surface area contributed by atoms with E-state index in [4.69, 9.17) is 9.47 Å². The molecular weight excluding hydrogens is 460 g/mol. The van der Waals surface area contributed by atoms with Crippen LogP contribution in [-0.2, 0) is 19.4 Å². The molecule has 1 fully saturated rings. The van der Waals surface area contributed by atoms with Gasteiger partial charge < -0.3 is 14.4 Å². The van der Waals surface area contributed by atoms with Crippen LogP contribution in [0.3, 0.4) is 0 Å². The molecule has 9 nitrogen and oxygen atoms in total. The monoisotopic (exact) mass is 490 g/mol. The molecule has 34 heavy (non-hydrogen) atoms. The van der Waals surface area contributed by atoms with Gasteiger partial charge in [-0.1, -0.05) is 18.2 Å². The zero-order valence-corrected chi connectivity index (χ0v) is 20.3. The molecule has 2 amide bonds. The van der Waals surface area contributed by atoms with Gasteiger partial charge in [-0.25, -0.2) is 18.7 Å². The number of nitrogens with zero attached hydrogens (tertiary/aromatic N) is 1. The van der Waals surface area contributed by atoms with E-state index in [0.29, 0.717) is 11.5 Å². The number of carbonyl (C=O) groups excluding carboxylic acids is 2. The first-order valence-corrected chi connectivity index (χ1v) is 12.6. The van der Waals surface area contributed by atoms with Gasteiger partial charge in [0.05, 0.1) is 16.1 Å². The second-order valence-electron chi connectivity index (χ2n) is 9.33. The highest BCUT2D eigenvalue weighted by molar-refractivity contribution is 7.91. The zero-order valence-electron chi connectivity index (χ0n) is 19.5. The average molecular weight is 491 g/mol. The van der Waals surface area contributed by atoms with E-state index in [1.54, 1.807) is 50.5 Å². The van der Waals surface area contributed by atoms with E-state index in [1.165, 1.54) is 17.0 Å². The highest BCUT2D eigenvalue weighted by atomic mass is 32.2. The molecule has 0 aliphatic carbocycles. The Balaban J connectivity index is 1.73. The molecule has 2 aromatic rings. The minimum Gasteiger partial charge on any atom is -0.457 e. The molecule has 1 heterocycles. The Morgan fingerprint density at radius 1 is 1.00 bits per heavy atom. The number of piperidine rings is 1.